The van der Waals surface area contributed by atoms with Gasteiger partial charge < -0.3 is 15.2 Å². The summed E-state index contributed by atoms with van der Waals surface area (Å²) >= 11 is 0. The van der Waals surface area contributed by atoms with Gasteiger partial charge in [0, 0.05) is 13.0 Å². The Bertz CT molecular complexity index is 208. The molecule has 0 spiro atoms. The van der Waals surface area contributed by atoms with Crippen molar-refractivity contribution in [3.05, 3.63) is 0 Å². The second kappa shape index (κ2) is 7.63. The first kappa shape index (κ1) is 13.5. The van der Waals surface area contributed by atoms with Gasteiger partial charge in [0.2, 0.25) is 0 Å². The summed E-state index contributed by atoms with van der Waals surface area (Å²) in [5.74, 6) is -0.216. The van der Waals surface area contributed by atoms with Crippen molar-refractivity contribution >= 4 is 5.97 Å². The molecule has 1 saturated heterocycles. The zero-order valence-corrected chi connectivity index (χ0v) is 10.1. The summed E-state index contributed by atoms with van der Waals surface area (Å²) < 4.78 is 5.14. The number of nitrogens with one attached hydrogen (secondary N) is 1. The molecule has 0 saturated carbocycles. The highest BCUT2D eigenvalue weighted by molar-refractivity contribution is 5.76. The van der Waals surface area contributed by atoms with Crippen molar-refractivity contribution in [3.8, 4) is 0 Å². The van der Waals surface area contributed by atoms with Crippen molar-refractivity contribution in [2.24, 2.45) is 0 Å². The summed E-state index contributed by atoms with van der Waals surface area (Å²) in [6.07, 6.45) is 5.85. The van der Waals surface area contributed by atoms with Gasteiger partial charge in [0.15, 0.2) is 0 Å². The molecule has 0 aromatic heterocycles. The SMILES string of the molecule is CCCCCCCOC(=O)C1CC(O)CN1. The fraction of sp³-hybridized carbons (Fsp3) is 0.917. The first-order valence-electron chi connectivity index (χ1n) is 6.32. The van der Waals surface area contributed by atoms with E-state index in [1.54, 1.807) is 0 Å². The number of carbonyl (C=O) groups excluding carboxylic acids is 1. The van der Waals surface area contributed by atoms with Gasteiger partial charge in [-0.15, -0.1) is 0 Å². The Morgan fingerprint density at radius 3 is 2.75 bits per heavy atom. The molecule has 0 amide bonds. The smallest absolute Gasteiger partial charge is 0.323 e. The Kier molecular flexibility index (Phi) is 6.42. The maximum Gasteiger partial charge on any atom is 0.323 e. The van der Waals surface area contributed by atoms with Gasteiger partial charge in [-0.25, -0.2) is 0 Å². The molecule has 1 aliphatic heterocycles. The van der Waals surface area contributed by atoms with Crippen molar-refractivity contribution in [3.63, 3.8) is 0 Å². The fourth-order valence-electron chi connectivity index (χ4n) is 1.88. The number of hydrogen-bond donors (Lipinski definition) is 2. The first-order valence-corrected chi connectivity index (χ1v) is 6.32. The highest BCUT2D eigenvalue weighted by atomic mass is 16.5. The number of hydrogen-bond acceptors (Lipinski definition) is 4. The molecule has 94 valence electrons. The molecule has 0 aromatic carbocycles. The van der Waals surface area contributed by atoms with Crippen LogP contribution in [0.25, 0.3) is 0 Å². The minimum Gasteiger partial charge on any atom is -0.465 e. The highest BCUT2D eigenvalue weighted by Gasteiger charge is 2.28. The monoisotopic (exact) mass is 229 g/mol. The third-order valence-electron chi connectivity index (χ3n) is 2.88. The summed E-state index contributed by atoms with van der Waals surface area (Å²) in [6.45, 7) is 3.18. The van der Waals surface area contributed by atoms with Gasteiger partial charge in [-0.2, -0.15) is 0 Å². The average Bonchev–Trinajstić information content (AvgIpc) is 2.70. The van der Waals surface area contributed by atoms with Crippen molar-refractivity contribution in [1.82, 2.24) is 5.32 Å². The molecule has 0 bridgehead atoms. The van der Waals surface area contributed by atoms with Gasteiger partial charge in [-0.05, 0) is 6.42 Å². The van der Waals surface area contributed by atoms with E-state index in [2.05, 4.69) is 12.2 Å². The number of rotatable bonds is 7. The minimum absolute atomic E-state index is 0.216. The summed E-state index contributed by atoms with van der Waals surface area (Å²) in [5, 5.41) is 12.2. The highest BCUT2D eigenvalue weighted by Crippen LogP contribution is 2.08. The lowest BCUT2D eigenvalue weighted by atomic mass is 10.2. The van der Waals surface area contributed by atoms with Gasteiger partial charge in [-0.3, -0.25) is 4.79 Å². The van der Waals surface area contributed by atoms with Gasteiger partial charge in [-0.1, -0.05) is 32.6 Å². The van der Waals surface area contributed by atoms with E-state index in [1.807, 2.05) is 0 Å². The molecular formula is C12H23NO3. The molecule has 0 aromatic rings. The Hall–Kier alpha value is -0.610. The molecule has 1 fully saturated rings. The van der Waals surface area contributed by atoms with Gasteiger partial charge >= 0.3 is 5.97 Å². The van der Waals surface area contributed by atoms with Crippen molar-refractivity contribution < 1.29 is 14.6 Å². The maximum atomic E-state index is 11.5. The molecule has 1 rings (SSSR count). The molecule has 0 aliphatic carbocycles. The van der Waals surface area contributed by atoms with Crippen LogP contribution in [0.4, 0.5) is 0 Å². The van der Waals surface area contributed by atoms with Gasteiger partial charge in [0.05, 0.1) is 12.7 Å². The second-order valence-corrected chi connectivity index (χ2v) is 4.43. The van der Waals surface area contributed by atoms with E-state index in [-0.39, 0.29) is 12.0 Å². The summed E-state index contributed by atoms with van der Waals surface area (Å²) in [5.41, 5.74) is 0. The van der Waals surface area contributed by atoms with Crippen LogP contribution < -0.4 is 5.32 Å². The van der Waals surface area contributed by atoms with E-state index in [4.69, 9.17) is 4.74 Å². The Morgan fingerprint density at radius 1 is 1.38 bits per heavy atom. The van der Waals surface area contributed by atoms with E-state index < -0.39 is 6.10 Å². The molecule has 4 heteroatoms. The number of aliphatic hydroxyl groups is 1. The van der Waals surface area contributed by atoms with Crippen LogP contribution in [0.1, 0.15) is 45.4 Å². The third-order valence-corrected chi connectivity index (χ3v) is 2.88. The van der Waals surface area contributed by atoms with Crippen LogP contribution in [0.15, 0.2) is 0 Å². The quantitative estimate of drug-likeness (QED) is 0.509. The molecule has 2 atom stereocenters. The molecule has 2 unspecified atom stereocenters. The van der Waals surface area contributed by atoms with Gasteiger partial charge in [0.25, 0.3) is 0 Å². The molecule has 1 heterocycles. The van der Waals surface area contributed by atoms with E-state index >= 15 is 0 Å². The van der Waals surface area contributed by atoms with Crippen molar-refractivity contribution in [2.75, 3.05) is 13.2 Å². The van der Waals surface area contributed by atoms with Crippen LogP contribution in [0.2, 0.25) is 0 Å². The van der Waals surface area contributed by atoms with Crippen LogP contribution in [0.3, 0.4) is 0 Å². The molecule has 2 N–H and O–H groups in total. The molecule has 0 radical (unpaired) electrons. The number of ether oxygens (including phenoxy) is 1. The summed E-state index contributed by atoms with van der Waals surface area (Å²) in [6, 6.07) is -0.300. The molecular weight excluding hydrogens is 206 g/mol. The van der Waals surface area contributed by atoms with Crippen LogP contribution in [0, 0.1) is 0 Å². The molecule has 1 aliphatic rings. The van der Waals surface area contributed by atoms with Crippen molar-refractivity contribution in [1.29, 1.82) is 0 Å². The summed E-state index contributed by atoms with van der Waals surface area (Å²) in [4.78, 5) is 11.5. The second-order valence-electron chi connectivity index (χ2n) is 4.43. The maximum absolute atomic E-state index is 11.5. The number of carbonyl (C=O) groups is 1. The lowest BCUT2D eigenvalue weighted by Gasteiger charge is -2.09. The number of esters is 1. The van der Waals surface area contributed by atoms with E-state index in [0.29, 0.717) is 19.6 Å². The number of unbranched alkanes of at least 4 members (excludes halogenated alkanes) is 4. The fourth-order valence-corrected chi connectivity index (χ4v) is 1.88. The standard InChI is InChI=1S/C12H23NO3/c1-2-3-4-5-6-7-16-12(15)11-8-10(14)9-13-11/h10-11,13-14H,2-9H2,1H3. The lowest BCUT2D eigenvalue weighted by molar-refractivity contribution is -0.146. The van der Waals surface area contributed by atoms with Crippen LogP contribution in [-0.4, -0.2) is 36.4 Å². The van der Waals surface area contributed by atoms with Crippen LogP contribution >= 0.6 is 0 Å². The largest absolute Gasteiger partial charge is 0.465 e. The van der Waals surface area contributed by atoms with E-state index in [0.717, 1.165) is 12.8 Å². The average molecular weight is 229 g/mol. The Balaban J connectivity index is 1.98. The first-order chi connectivity index (χ1) is 7.74. The lowest BCUT2D eigenvalue weighted by Crippen LogP contribution is -2.32. The molecule has 16 heavy (non-hydrogen) atoms. The zero-order chi connectivity index (χ0) is 11.8. The van der Waals surface area contributed by atoms with Crippen LogP contribution in [0.5, 0.6) is 0 Å². The third kappa shape index (κ3) is 4.94. The predicted octanol–water partition coefficient (Wildman–Crippen LogP) is 1.22. The molecule has 4 nitrogen and oxygen atoms in total. The Morgan fingerprint density at radius 2 is 2.12 bits per heavy atom. The predicted molar refractivity (Wildman–Crippen MR) is 62.1 cm³/mol. The van der Waals surface area contributed by atoms with E-state index in [9.17, 15) is 9.90 Å². The van der Waals surface area contributed by atoms with Gasteiger partial charge in [0.1, 0.15) is 6.04 Å². The topological polar surface area (TPSA) is 58.6 Å². The van der Waals surface area contributed by atoms with Crippen LogP contribution in [-0.2, 0) is 9.53 Å². The normalized spacial score (nSPS) is 24.6. The van der Waals surface area contributed by atoms with Crippen molar-refractivity contribution in [2.45, 2.75) is 57.6 Å². The Labute approximate surface area is 97.4 Å². The number of aliphatic hydroxyl groups excluding tert-OH is 1. The summed E-state index contributed by atoms with van der Waals surface area (Å²) in [7, 11) is 0. The zero-order valence-electron chi connectivity index (χ0n) is 10.1. The van der Waals surface area contributed by atoms with E-state index in [1.165, 1.54) is 19.3 Å². The number of β-amino-alcohol motifs (C(OH)–C–C–N with tert-alkyl or cyclic N) is 1. The minimum atomic E-state index is -0.401.